The summed E-state index contributed by atoms with van der Waals surface area (Å²) in [4.78, 5) is 11.4. The summed E-state index contributed by atoms with van der Waals surface area (Å²) in [6.07, 6.45) is -0.325. The van der Waals surface area contributed by atoms with Gasteiger partial charge in [0.05, 0.1) is 0 Å². The van der Waals surface area contributed by atoms with Crippen LogP contribution in [0.4, 0.5) is 0 Å². The minimum atomic E-state index is -0.325. The third kappa shape index (κ3) is 1.56. The van der Waals surface area contributed by atoms with Crippen LogP contribution in [0.5, 0.6) is 0 Å². The Morgan fingerprint density at radius 2 is 2.15 bits per heavy atom. The monoisotopic (exact) mass is 184 g/mol. The Bertz CT molecular complexity index is 210. The van der Waals surface area contributed by atoms with Gasteiger partial charge in [-0.1, -0.05) is 0 Å². The number of hydrogen-bond acceptors (Lipinski definition) is 3. The molecule has 1 aliphatic carbocycles. The van der Waals surface area contributed by atoms with Crippen molar-refractivity contribution >= 4 is 5.91 Å². The van der Waals surface area contributed by atoms with Gasteiger partial charge < -0.3 is 15.4 Å². The largest absolute Gasteiger partial charge is 0.372 e. The van der Waals surface area contributed by atoms with E-state index < -0.39 is 0 Å². The molecule has 1 amide bonds. The standard InChI is InChI=1S/C9H16N2O2/c1-5(13-2)9(12)11-8-6-3-10-4-7(6)8/h5-8,10H,3-4H2,1-2H3,(H,11,12). The molecule has 1 aliphatic heterocycles. The molecule has 3 unspecified atom stereocenters. The average Bonchev–Trinajstić information content (AvgIpc) is 2.63. The molecule has 4 nitrogen and oxygen atoms in total. The van der Waals surface area contributed by atoms with E-state index in [-0.39, 0.29) is 12.0 Å². The Labute approximate surface area is 78.0 Å². The molecule has 0 aromatic heterocycles. The van der Waals surface area contributed by atoms with Gasteiger partial charge in [0.25, 0.3) is 0 Å². The van der Waals surface area contributed by atoms with Crippen molar-refractivity contribution in [3.8, 4) is 0 Å². The van der Waals surface area contributed by atoms with Crippen molar-refractivity contribution in [3.05, 3.63) is 0 Å². The van der Waals surface area contributed by atoms with Gasteiger partial charge in [0.1, 0.15) is 6.10 Å². The molecular formula is C9H16N2O2. The van der Waals surface area contributed by atoms with E-state index in [2.05, 4.69) is 10.6 Å². The van der Waals surface area contributed by atoms with Crippen LogP contribution < -0.4 is 10.6 Å². The Kier molecular flexibility index (Phi) is 2.26. The highest BCUT2D eigenvalue weighted by molar-refractivity contribution is 5.81. The highest BCUT2D eigenvalue weighted by atomic mass is 16.5. The van der Waals surface area contributed by atoms with Crippen molar-refractivity contribution < 1.29 is 9.53 Å². The van der Waals surface area contributed by atoms with Gasteiger partial charge in [0.15, 0.2) is 0 Å². The maximum Gasteiger partial charge on any atom is 0.249 e. The summed E-state index contributed by atoms with van der Waals surface area (Å²) in [6.45, 7) is 3.87. The highest BCUT2D eigenvalue weighted by Gasteiger charge is 2.53. The number of amides is 1. The number of carbonyl (C=O) groups is 1. The second kappa shape index (κ2) is 3.27. The van der Waals surface area contributed by atoms with Crippen LogP contribution in [0, 0.1) is 11.8 Å². The van der Waals surface area contributed by atoms with Gasteiger partial charge in [-0.05, 0) is 18.8 Å². The second-order valence-corrected chi connectivity index (χ2v) is 3.90. The molecular weight excluding hydrogens is 168 g/mol. The lowest BCUT2D eigenvalue weighted by Gasteiger charge is -2.11. The Morgan fingerprint density at radius 1 is 1.54 bits per heavy atom. The van der Waals surface area contributed by atoms with Crippen LogP contribution >= 0.6 is 0 Å². The number of fused-ring (bicyclic) bond motifs is 1. The number of nitrogens with one attached hydrogen (secondary N) is 2. The van der Waals surface area contributed by atoms with Crippen molar-refractivity contribution in [3.63, 3.8) is 0 Å². The van der Waals surface area contributed by atoms with Crippen molar-refractivity contribution in [2.45, 2.75) is 19.1 Å². The van der Waals surface area contributed by atoms with Gasteiger partial charge >= 0.3 is 0 Å². The summed E-state index contributed by atoms with van der Waals surface area (Å²) in [5.41, 5.74) is 0. The molecule has 0 aromatic carbocycles. The molecule has 0 aromatic rings. The lowest BCUT2D eigenvalue weighted by atomic mass is 10.3. The van der Waals surface area contributed by atoms with Crippen LogP contribution in [0.25, 0.3) is 0 Å². The lowest BCUT2D eigenvalue weighted by molar-refractivity contribution is -0.130. The van der Waals surface area contributed by atoms with Crippen LogP contribution in [-0.2, 0) is 9.53 Å². The third-order valence-electron chi connectivity index (χ3n) is 3.12. The average molecular weight is 184 g/mol. The molecule has 4 heteroatoms. The van der Waals surface area contributed by atoms with Crippen molar-refractivity contribution in [2.75, 3.05) is 20.2 Å². The molecule has 0 spiro atoms. The van der Waals surface area contributed by atoms with Gasteiger partial charge in [-0.3, -0.25) is 4.79 Å². The zero-order valence-electron chi connectivity index (χ0n) is 8.04. The first-order chi connectivity index (χ1) is 6.24. The van der Waals surface area contributed by atoms with Crippen LogP contribution in [0.2, 0.25) is 0 Å². The SMILES string of the molecule is COC(C)C(=O)NC1C2CNCC21. The summed E-state index contributed by atoms with van der Waals surface area (Å²) in [5.74, 6) is 1.36. The fourth-order valence-corrected chi connectivity index (χ4v) is 2.02. The fraction of sp³-hybridized carbons (Fsp3) is 0.889. The fourth-order valence-electron chi connectivity index (χ4n) is 2.02. The summed E-state index contributed by atoms with van der Waals surface area (Å²) >= 11 is 0. The van der Waals surface area contributed by atoms with E-state index in [9.17, 15) is 4.79 Å². The number of ether oxygens (including phenoxy) is 1. The predicted octanol–water partition coefficient (Wildman–Crippen LogP) is -0.645. The van der Waals surface area contributed by atoms with Crippen molar-refractivity contribution in [2.24, 2.45) is 11.8 Å². The zero-order chi connectivity index (χ0) is 9.42. The van der Waals surface area contributed by atoms with Crippen molar-refractivity contribution in [1.29, 1.82) is 0 Å². The van der Waals surface area contributed by atoms with Gasteiger partial charge in [0, 0.05) is 26.2 Å². The van der Waals surface area contributed by atoms with E-state index in [1.54, 1.807) is 14.0 Å². The van der Waals surface area contributed by atoms with E-state index in [4.69, 9.17) is 4.74 Å². The predicted molar refractivity (Wildman–Crippen MR) is 48.3 cm³/mol. The Hall–Kier alpha value is -0.610. The molecule has 0 bridgehead atoms. The third-order valence-corrected chi connectivity index (χ3v) is 3.12. The van der Waals surface area contributed by atoms with Gasteiger partial charge in [-0.2, -0.15) is 0 Å². The van der Waals surface area contributed by atoms with E-state index in [0.717, 1.165) is 13.1 Å². The van der Waals surface area contributed by atoms with Crippen molar-refractivity contribution in [1.82, 2.24) is 10.6 Å². The number of methoxy groups -OCH3 is 1. The molecule has 0 radical (unpaired) electrons. The smallest absolute Gasteiger partial charge is 0.249 e. The molecule has 2 N–H and O–H groups in total. The van der Waals surface area contributed by atoms with Crippen LogP contribution in [-0.4, -0.2) is 38.3 Å². The molecule has 1 saturated carbocycles. The summed E-state index contributed by atoms with van der Waals surface area (Å²) in [6, 6.07) is 0.409. The first-order valence-corrected chi connectivity index (χ1v) is 4.78. The molecule has 2 rings (SSSR count). The van der Waals surface area contributed by atoms with Crippen LogP contribution in [0.3, 0.4) is 0 Å². The zero-order valence-corrected chi connectivity index (χ0v) is 8.04. The van der Waals surface area contributed by atoms with Crippen LogP contribution in [0.1, 0.15) is 6.92 Å². The molecule has 1 heterocycles. The highest BCUT2D eigenvalue weighted by Crippen LogP contribution is 2.41. The van der Waals surface area contributed by atoms with Gasteiger partial charge in [-0.15, -0.1) is 0 Å². The van der Waals surface area contributed by atoms with Gasteiger partial charge in [-0.25, -0.2) is 0 Å². The molecule has 3 atom stereocenters. The maximum absolute atomic E-state index is 11.4. The number of carbonyl (C=O) groups excluding carboxylic acids is 1. The number of rotatable bonds is 3. The van der Waals surface area contributed by atoms with E-state index in [1.165, 1.54) is 0 Å². The molecule has 1 saturated heterocycles. The van der Waals surface area contributed by atoms with E-state index in [1.807, 2.05) is 0 Å². The molecule has 74 valence electrons. The van der Waals surface area contributed by atoms with Gasteiger partial charge in [0.2, 0.25) is 5.91 Å². The Balaban J connectivity index is 1.77. The Morgan fingerprint density at radius 3 is 2.69 bits per heavy atom. The molecule has 2 fully saturated rings. The first kappa shape index (κ1) is 8.97. The van der Waals surface area contributed by atoms with Crippen LogP contribution in [0.15, 0.2) is 0 Å². The van der Waals surface area contributed by atoms with E-state index in [0.29, 0.717) is 17.9 Å². The minimum absolute atomic E-state index is 0.0156. The summed E-state index contributed by atoms with van der Waals surface area (Å²) in [7, 11) is 1.56. The quantitative estimate of drug-likeness (QED) is 0.613. The molecule has 2 aliphatic rings. The number of piperidine rings is 1. The number of hydrogen-bond donors (Lipinski definition) is 2. The molecule has 13 heavy (non-hydrogen) atoms. The topological polar surface area (TPSA) is 50.4 Å². The maximum atomic E-state index is 11.4. The summed E-state index contributed by atoms with van der Waals surface area (Å²) in [5, 5.41) is 6.29. The first-order valence-electron chi connectivity index (χ1n) is 4.78. The summed E-state index contributed by atoms with van der Waals surface area (Å²) < 4.78 is 4.94. The lowest BCUT2D eigenvalue weighted by Crippen LogP contribution is -2.38. The minimum Gasteiger partial charge on any atom is -0.372 e. The normalized spacial score (nSPS) is 38.2. The van der Waals surface area contributed by atoms with E-state index >= 15 is 0 Å². The second-order valence-electron chi connectivity index (χ2n) is 3.90.